The van der Waals surface area contributed by atoms with Crippen molar-refractivity contribution in [1.82, 2.24) is 4.98 Å². The Morgan fingerprint density at radius 1 is 1.18 bits per heavy atom. The van der Waals surface area contributed by atoms with Crippen LogP contribution in [-0.4, -0.2) is 31.1 Å². The van der Waals surface area contributed by atoms with Gasteiger partial charge in [-0.15, -0.1) is 11.3 Å². The summed E-state index contributed by atoms with van der Waals surface area (Å²) in [6.45, 7) is 3.76. The number of rotatable bonds is 8. The van der Waals surface area contributed by atoms with Gasteiger partial charge in [-0.3, -0.25) is 9.69 Å². The van der Waals surface area contributed by atoms with Crippen molar-refractivity contribution < 1.29 is 14.4 Å². The van der Waals surface area contributed by atoms with Gasteiger partial charge in [0.25, 0.3) is 0 Å². The lowest BCUT2D eigenvalue weighted by atomic mass is 10.3. The molecule has 146 valence electrons. The summed E-state index contributed by atoms with van der Waals surface area (Å²) >= 11 is 7.36. The number of benzene rings is 2. The Kier molecular flexibility index (Phi) is 7.03. The van der Waals surface area contributed by atoms with Gasteiger partial charge in [0.05, 0.1) is 12.7 Å². The van der Waals surface area contributed by atoms with Gasteiger partial charge in [-0.1, -0.05) is 29.8 Å². The molecule has 0 saturated carbocycles. The van der Waals surface area contributed by atoms with E-state index in [1.54, 1.807) is 11.8 Å². The third-order valence-corrected chi connectivity index (χ3v) is 5.28. The number of halogens is 1. The number of nitrogens with zero attached hydrogens (tertiary/aromatic N) is 2. The van der Waals surface area contributed by atoms with Crippen LogP contribution in [0.3, 0.4) is 0 Å². The largest absolute Gasteiger partial charge is 0.488 e. The fourth-order valence-electron chi connectivity index (χ4n) is 2.76. The molecule has 1 atom stereocenters. The van der Waals surface area contributed by atoms with Crippen LogP contribution in [0.5, 0.6) is 5.75 Å². The van der Waals surface area contributed by atoms with Crippen molar-refractivity contribution in [3.05, 3.63) is 70.7 Å². The van der Waals surface area contributed by atoms with Crippen LogP contribution >= 0.6 is 22.9 Å². The van der Waals surface area contributed by atoms with Gasteiger partial charge in [0.2, 0.25) is 5.91 Å². The first kappa shape index (κ1) is 20.3. The molecule has 0 bridgehead atoms. The van der Waals surface area contributed by atoms with Gasteiger partial charge < -0.3 is 9.64 Å². The van der Waals surface area contributed by atoms with Crippen molar-refractivity contribution in [3.8, 4) is 5.75 Å². The van der Waals surface area contributed by atoms with E-state index in [-0.39, 0.29) is 5.91 Å². The lowest BCUT2D eigenvalue weighted by Gasteiger charge is -2.17. The van der Waals surface area contributed by atoms with Crippen LogP contribution in [0.15, 0.2) is 60.0 Å². The summed E-state index contributed by atoms with van der Waals surface area (Å²) in [4.78, 5) is 19.7. The van der Waals surface area contributed by atoms with E-state index in [2.05, 4.69) is 12.0 Å². The number of ether oxygens (including phenoxy) is 1. The zero-order chi connectivity index (χ0) is 19.9. The van der Waals surface area contributed by atoms with Gasteiger partial charge in [0.15, 0.2) is 5.13 Å². The molecule has 28 heavy (non-hydrogen) atoms. The number of carbonyl (C=O) groups is 1. The molecule has 1 heterocycles. The van der Waals surface area contributed by atoms with Crippen LogP contribution in [0.25, 0.3) is 0 Å². The molecule has 0 aliphatic heterocycles. The molecular weight excluding hydrogens is 394 g/mol. The number of hydrogen-bond acceptors (Lipinski definition) is 4. The summed E-state index contributed by atoms with van der Waals surface area (Å²) in [6.07, 6.45) is 0. The number of aromatic nitrogens is 1. The van der Waals surface area contributed by atoms with E-state index < -0.39 is 0 Å². The maximum absolute atomic E-state index is 12.1. The average Bonchev–Trinajstić information content (AvgIpc) is 3.12. The summed E-state index contributed by atoms with van der Waals surface area (Å²) in [6, 6.07) is 16.9. The number of anilines is 2. The fraction of sp³-hybridized carbons (Fsp3) is 0.238. The minimum Gasteiger partial charge on any atom is -0.488 e. The van der Waals surface area contributed by atoms with Crippen LogP contribution in [-0.2, 0) is 11.3 Å². The normalized spacial score (nSPS) is 11.8. The Hall–Kier alpha value is -2.41. The quantitative estimate of drug-likeness (QED) is 0.610. The highest BCUT2D eigenvalue weighted by Gasteiger charge is 2.18. The summed E-state index contributed by atoms with van der Waals surface area (Å²) < 4.78 is 5.75. The van der Waals surface area contributed by atoms with Crippen LogP contribution in [0, 0.1) is 0 Å². The Morgan fingerprint density at radius 3 is 2.57 bits per heavy atom. The van der Waals surface area contributed by atoms with E-state index in [0.29, 0.717) is 16.8 Å². The standard InChI is InChI=1S/C21H22ClN3O2S/c1-16(26)25(19-6-4-3-5-7-19)21-23-18(15-28-21)14-24(2)12-13-27-20-10-8-17(22)9-11-20/h3-11,15H,12-14H2,1-2H3/p+1. The second kappa shape index (κ2) is 9.68. The van der Waals surface area contributed by atoms with Gasteiger partial charge in [-0.05, 0) is 36.4 Å². The van der Waals surface area contributed by atoms with Crippen molar-refractivity contribution in [2.24, 2.45) is 0 Å². The Bertz CT molecular complexity index is 900. The molecule has 1 N–H and O–H groups in total. The van der Waals surface area contributed by atoms with Crippen molar-refractivity contribution in [3.63, 3.8) is 0 Å². The Labute approximate surface area is 174 Å². The molecular formula is C21H23ClN3O2S+. The minimum atomic E-state index is -0.0517. The first-order valence-corrected chi connectivity index (χ1v) is 10.3. The maximum Gasteiger partial charge on any atom is 0.230 e. The second-order valence-corrected chi connectivity index (χ2v) is 7.77. The van der Waals surface area contributed by atoms with Crippen LogP contribution < -0.4 is 14.5 Å². The van der Waals surface area contributed by atoms with Crippen LogP contribution in [0.4, 0.5) is 10.8 Å². The van der Waals surface area contributed by atoms with Crippen molar-refractivity contribution in [1.29, 1.82) is 0 Å². The predicted molar refractivity (Wildman–Crippen MR) is 114 cm³/mol. The van der Waals surface area contributed by atoms with Gasteiger partial charge >= 0.3 is 0 Å². The van der Waals surface area contributed by atoms with E-state index in [1.165, 1.54) is 16.2 Å². The zero-order valence-electron chi connectivity index (χ0n) is 15.9. The zero-order valence-corrected chi connectivity index (χ0v) is 17.5. The third-order valence-electron chi connectivity index (χ3n) is 4.15. The van der Waals surface area contributed by atoms with E-state index in [1.807, 2.05) is 60.0 Å². The molecule has 3 rings (SSSR count). The summed E-state index contributed by atoms with van der Waals surface area (Å²) in [7, 11) is 2.10. The number of hydrogen-bond donors (Lipinski definition) is 1. The van der Waals surface area contributed by atoms with Gasteiger partial charge in [0, 0.05) is 17.3 Å². The lowest BCUT2D eigenvalue weighted by Crippen LogP contribution is -3.08. The molecule has 0 spiro atoms. The molecule has 0 saturated heterocycles. The molecule has 1 aromatic heterocycles. The van der Waals surface area contributed by atoms with E-state index in [0.717, 1.165) is 30.2 Å². The smallest absolute Gasteiger partial charge is 0.230 e. The molecule has 3 aromatic rings. The molecule has 1 amide bonds. The van der Waals surface area contributed by atoms with E-state index >= 15 is 0 Å². The lowest BCUT2D eigenvalue weighted by molar-refractivity contribution is -0.894. The number of amides is 1. The second-order valence-electron chi connectivity index (χ2n) is 6.50. The molecule has 0 fully saturated rings. The average molecular weight is 417 g/mol. The first-order chi connectivity index (χ1) is 13.5. The third kappa shape index (κ3) is 5.55. The highest BCUT2D eigenvalue weighted by atomic mass is 35.5. The van der Waals surface area contributed by atoms with Gasteiger partial charge in [0.1, 0.15) is 31.1 Å². The number of para-hydroxylation sites is 1. The summed E-state index contributed by atoms with van der Waals surface area (Å²) in [5.74, 6) is 0.761. The highest BCUT2D eigenvalue weighted by Crippen LogP contribution is 2.28. The Morgan fingerprint density at radius 2 is 1.89 bits per heavy atom. The molecule has 0 radical (unpaired) electrons. The first-order valence-electron chi connectivity index (χ1n) is 9.03. The molecule has 7 heteroatoms. The van der Waals surface area contributed by atoms with Crippen molar-refractivity contribution >= 4 is 39.7 Å². The molecule has 5 nitrogen and oxygen atoms in total. The number of nitrogens with one attached hydrogen (secondary N) is 1. The topological polar surface area (TPSA) is 46.9 Å². The number of quaternary nitrogens is 1. The maximum atomic E-state index is 12.1. The highest BCUT2D eigenvalue weighted by molar-refractivity contribution is 7.14. The Balaban J connectivity index is 1.55. The minimum absolute atomic E-state index is 0.0517. The molecule has 2 aromatic carbocycles. The van der Waals surface area contributed by atoms with Crippen molar-refractivity contribution in [2.75, 3.05) is 25.1 Å². The molecule has 1 unspecified atom stereocenters. The summed E-state index contributed by atoms with van der Waals surface area (Å²) in [5.41, 5.74) is 1.79. The number of likely N-dealkylation sites (N-methyl/N-ethyl adjacent to an activating group) is 1. The molecule has 0 aliphatic carbocycles. The monoisotopic (exact) mass is 416 g/mol. The number of carbonyl (C=O) groups excluding carboxylic acids is 1. The van der Waals surface area contributed by atoms with Crippen LogP contribution in [0.1, 0.15) is 12.6 Å². The fourth-order valence-corrected chi connectivity index (χ4v) is 3.77. The van der Waals surface area contributed by atoms with Crippen LogP contribution in [0.2, 0.25) is 5.02 Å². The van der Waals surface area contributed by atoms with E-state index in [4.69, 9.17) is 16.3 Å². The van der Waals surface area contributed by atoms with Gasteiger partial charge in [-0.2, -0.15) is 0 Å². The SMILES string of the molecule is CC(=O)N(c1ccccc1)c1nc(C[NH+](C)CCOc2ccc(Cl)cc2)cs1. The predicted octanol–water partition coefficient (Wildman–Crippen LogP) is 3.57. The molecule has 0 aliphatic rings. The van der Waals surface area contributed by atoms with Crippen molar-refractivity contribution in [2.45, 2.75) is 13.5 Å². The number of thiazole rings is 1. The summed E-state index contributed by atoms with van der Waals surface area (Å²) in [5, 5.41) is 3.40. The van der Waals surface area contributed by atoms with Gasteiger partial charge in [-0.25, -0.2) is 4.98 Å². The van der Waals surface area contributed by atoms with E-state index in [9.17, 15) is 4.79 Å².